The fraction of sp³-hybridized carbons (Fsp3) is 0.455. The summed E-state index contributed by atoms with van der Waals surface area (Å²) >= 11 is 0. The summed E-state index contributed by atoms with van der Waals surface area (Å²) in [5.74, 6) is 1.64. The van der Waals surface area contributed by atoms with Crippen molar-refractivity contribution < 1.29 is 9.47 Å². The molecule has 1 atom stereocenters. The van der Waals surface area contributed by atoms with Gasteiger partial charge in [0.2, 0.25) is 0 Å². The van der Waals surface area contributed by atoms with Crippen LogP contribution in [-0.2, 0) is 0 Å². The number of hydrogen-bond donors (Lipinski definition) is 1. The number of rotatable bonds is 1. The highest BCUT2D eigenvalue weighted by Gasteiger charge is 2.40. The Morgan fingerprint density at radius 2 is 2.14 bits per heavy atom. The Morgan fingerprint density at radius 1 is 1.43 bits per heavy atom. The van der Waals surface area contributed by atoms with Crippen molar-refractivity contribution in [2.45, 2.75) is 25.5 Å². The molecule has 0 amide bonds. The van der Waals surface area contributed by atoms with Gasteiger partial charge in [0.15, 0.2) is 0 Å². The molecule has 0 radical (unpaired) electrons. The van der Waals surface area contributed by atoms with Crippen molar-refractivity contribution in [3.05, 3.63) is 23.8 Å². The summed E-state index contributed by atoms with van der Waals surface area (Å²) in [4.78, 5) is 0. The van der Waals surface area contributed by atoms with Gasteiger partial charge in [-0.3, -0.25) is 0 Å². The smallest absolute Gasteiger partial charge is 0.128 e. The van der Waals surface area contributed by atoms with Crippen LogP contribution < -0.4 is 15.2 Å². The predicted octanol–water partition coefficient (Wildman–Crippen LogP) is 1.87. The van der Waals surface area contributed by atoms with Gasteiger partial charge in [0, 0.05) is 0 Å². The molecule has 2 N–H and O–H groups in total. The number of methoxy groups -OCH3 is 1. The second kappa shape index (κ2) is 2.89. The fourth-order valence-corrected chi connectivity index (χ4v) is 1.79. The van der Waals surface area contributed by atoms with Gasteiger partial charge in [0.1, 0.15) is 17.1 Å². The average molecular weight is 193 g/mol. The van der Waals surface area contributed by atoms with E-state index in [9.17, 15) is 0 Å². The van der Waals surface area contributed by atoms with Crippen LogP contribution in [0, 0.1) is 0 Å². The normalized spacial score (nSPS) is 22.7. The Bertz CT molecular complexity index is 360. The van der Waals surface area contributed by atoms with Crippen molar-refractivity contribution in [3.8, 4) is 11.5 Å². The summed E-state index contributed by atoms with van der Waals surface area (Å²) in [5.41, 5.74) is 6.72. The third-order valence-electron chi connectivity index (χ3n) is 2.68. The molecule has 0 fully saturated rings. The molecular weight excluding hydrogens is 178 g/mol. The maximum Gasteiger partial charge on any atom is 0.128 e. The lowest BCUT2D eigenvalue weighted by molar-refractivity contribution is 0.111. The Hall–Kier alpha value is -1.22. The van der Waals surface area contributed by atoms with Gasteiger partial charge in [-0.05, 0) is 26.0 Å². The molecule has 0 aliphatic carbocycles. The van der Waals surface area contributed by atoms with Gasteiger partial charge in [0.25, 0.3) is 0 Å². The SMILES string of the molecule is COc1cccc2c1C(N)C(C)(C)O2. The van der Waals surface area contributed by atoms with E-state index in [-0.39, 0.29) is 11.6 Å². The summed E-state index contributed by atoms with van der Waals surface area (Å²) < 4.78 is 11.0. The molecule has 3 nitrogen and oxygen atoms in total. The minimum atomic E-state index is -0.350. The van der Waals surface area contributed by atoms with E-state index in [1.807, 2.05) is 32.0 Å². The van der Waals surface area contributed by atoms with Crippen LogP contribution in [-0.4, -0.2) is 12.7 Å². The lowest BCUT2D eigenvalue weighted by atomic mass is 9.95. The van der Waals surface area contributed by atoms with Crippen molar-refractivity contribution in [1.82, 2.24) is 0 Å². The molecular formula is C11H15NO2. The van der Waals surface area contributed by atoms with Gasteiger partial charge in [-0.2, -0.15) is 0 Å². The first kappa shape index (κ1) is 9.34. The zero-order chi connectivity index (χ0) is 10.3. The van der Waals surface area contributed by atoms with Crippen LogP contribution in [0.3, 0.4) is 0 Å². The zero-order valence-corrected chi connectivity index (χ0v) is 8.70. The van der Waals surface area contributed by atoms with Crippen molar-refractivity contribution in [1.29, 1.82) is 0 Å². The first-order valence-corrected chi connectivity index (χ1v) is 4.68. The first-order chi connectivity index (χ1) is 6.56. The van der Waals surface area contributed by atoms with E-state index >= 15 is 0 Å². The molecule has 0 saturated carbocycles. The summed E-state index contributed by atoms with van der Waals surface area (Å²) in [6.07, 6.45) is 0. The molecule has 1 aliphatic heterocycles. The van der Waals surface area contributed by atoms with Crippen LogP contribution in [0.5, 0.6) is 11.5 Å². The fourth-order valence-electron chi connectivity index (χ4n) is 1.79. The van der Waals surface area contributed by atoms with E-state index in [0.717, 1.165) is 17.1 Å². The highest BCUT2D eigenvalue weighted by Crippen LogP contribution is 2.45. The molecule has 0 saturated heterocycles. The third-order valence-corrected chi connectivity index (χ3v) is 2.68. The Morgan fingerprint density at radius 3 is 2.79 bits per heavy atom. The van der Waals surface area contributed by atoms with Gasteiger partial charge in [-0.1, -0.05) is 6.07 Å². The Labute approximate surface area is 83.8 Å². The van der Waals surface area contributed by atoms with E-state index in [0.29, 0.717) is 0 Å². The molecule has 1 heterocycles. The molecule has 1 unspecified atom stereocenters. The van der Waals surface area contributed by atoms with Gasteiger partial charge in [0.05, 0.1) is 18.7 Å². The van der Waals surface area contributed by atoms with Crippen LogP contribution in [0.25, 0.3) is 0 Å². The monoisotopic (exact) mass is 193 g/mol. The first-order valence-electron chi connectivity index (χ1n) is 4.68. The molecule has 0 bridgehead atoms. The van der Waals surface area contributed by atoms with E-state index in [1.165, 1.54) is 0 Å². The van der Waals surface area contributed by atoms with E-state index in [2.05, 4.69) is 0 Å². The summed E-state index contributed by atoms with van der Waals surface area (Å²) in [6.45, 7) is 3.97. The van der Waals surface area contributed by atoms with Crippen LogP contribution in [0.2, 0.25) is 0 Å². The molecule has 3 heteroatoms. The molecule has 76 valence electrons. The van der Waals surface area contributed by atoms with Crippen LogP contribution in [0.4, 0.5) is 0 Å². The van der Waals surface area contributed by atoms with Gasteiger partial charge >= 0.3 is 0 Å². The van der Waals surface area contributed by atoms with Crippen molar-refractivity contribution in [2.75, 3.05) is 7.11 Å². The highest BCUT2D eigenvalue weighted by atomic mass is 16.5. The summed E-state index contributed by atoms with van der Waals surface area (Å²) in [7, 11) is 1.65. The lowest BCUT2D eigenvalue weighted by Crippen LogP contribution is -2.35. The summed E-state index contributed by atoms with van der Waals surface area (Å²) in [5, 5.41) is 0. The van der Waals surface area contributed by atoms with Crippen LogP contribution in [0.15, 0.2) is 18.2 Å². The Balaban J connectivity index is 2.54. The molecule has 2 rings (SSSR count). The van der Waals surface area contributed by atoms with Crippen molar-refractivity contribution >= 4 is 0 Å². The average Bonchev–Trinajstić information content (AvgIpc) is 2.37. The van der Waals surface area contributed by atoms with Crippen molar-refractivity contribution in [3.63, 3.8) is 0 Å². The van der Waals surface area contributed by atoms with E-state index < -0.39 is 0 Å². The number of nitrogens with two attached hydrogens (primary N) is 1. The maximum atomic E-state index is 6.10. The third kappa shape index (κ3) is 1.16. The Kier molecular flexibility index (Phi) is 1.93. The van der Waals surface area contributed by atoms with Crippen molar-refractivity contribution in [2.24, 2.45) is 5.73 Å². The number of fused-ring (bicyclic) bond motifs is 1. The predicted molar refractivity (Wildman–Crippen MR) is 54.6 cm³/mol. The van der Waals surface area contributed by atoms with Gasteiger partial charge in [-0.25, -0.2) is 0 Å². The standard InChI is InChI=1S/C11H15NO2/c1-11(2)10(12)9-7(13-3)5-4-6-8(9)14-11/h4-6,10H,12H2,1-3H3. The second-order valence-electron chi connectivity index (χ2n) is 4.06. The van der Waals surface area contributed by atoms with E-state index in [1.54, 1.807) is 7.11 Å². The topological polar surface area (TPSA) is 44.5 Å². The van der Waals surface area contributed by atoms with Gasteiger partial charge < -0.3 is 15.2 Å². The molecule has 14 heavy (non-hydrogen) atoms. The number of ether oxygens (including phenoxy) is 2. The number of benzene rings is 1. The molecule has 0 spiro atoms. The maximum absolute atomic E-state index is 6.10. The molecule has 1 aromatic rings. The second-order valence-corrected chi connectivity index (χ2v) is 4.06. The highest BCUT2D eigenvalue weighted by molar-refractivity contribution is 5.51. The molecule has 1 aliphatic rings. The van der Waals surface area contributed by atoms with Crippen LogP contribution in [0.1, 0.15) is 25.5 Å². The summed E-state index contributed by atoms with van der Waals surface area (Å²) in [6, 6.07) is 5.61. The van der Waals surface area contributed by atoms with Crippen LogP contribution >= 0.6 is 0 Å². The van der Waals surface area contributed by atoms with E-state index in [4.69, 9.17) is 15.2 Å². The molecule has 0 aromatic heterocycles. The largest absolute Gasteiger partial charge is 0.496 e. The molecule has 1 aromatic carbocycles. The zero-order valence-electron chi connectivity index (χ0n) is 8.70. The quantitative estimate of drug-likeness (QED) is 0.740. The minimum Gasteiger partial charge on any atom is -0.496 e. The minimum absolute atomic E-state index is 0.131. The lowest BCUT2D eigenvalue weighted by Gasteiger charge is -2.22. The number of hydrogen-bond acceptors (Lipinski definition) is 3. The van der Waals surface area contributed by atoms with Gasteiger partial charge in [-0.15, -0.1) is 0 Å².